The van der Waals surface area contributed by atoms with Crippen LogP contribution in [0, 0.1) is 12.7 Å². The fourth-order valence-corrected chi connectivity index (χ4v) is 3.56. The molecule has 0 aromatic heterocycles. The Balaban J connectivity index is 2.39. The van der Waals surface area contributed by atoms with Gasteiger partial charge in [-0.2, -0.15) is 4.31 Å². The number of halogens is 1. The van der Waals surface area contributed by atoms with E-state index in [2.05, 4.69) is 0 Å². The Morgan fingerprint density at radius 2 is 2.06 bits per heavy atom. The fraction of sp³-hybridized carbons (Fsp3) is 0.500. The number of hydrogen-bond acceptors (Lipinski definition) is 2. The first-order chi connectivity index (χ1) is 7.96. The molecule has 0 radical (unpaired) electrons. The summed E-state index contributed by atoms with van der Waals surface area (Å²) in [6.45, 7) is 3.85. The SMILES string of the molecule is CCN(C1CC1)S(=O)(=O)c1ccc(C)c(F)c1. The summed E-state index contributed by atoms with van der Waals surface area (Å²) < 4.78 is 39.4. The van der Waals surface area contributed by atoms with Crippen molar-refractivity contribution in [1.29, 1.82) is 0 Å². The topological polar surface area (TPSA) is 37.4 Å². The second-order valence-corrected chi connectivity index (χ2v) is 6.24. The Morgan fingerprint density at radius 3 is 2.53 bits per heavy atom. The molecule has 0 saturated heterocycles. The first kappa shape index (κ1) is 12.5. The van der Waals surface area contributed by atoms with Crippen LogP contribution in [0.1, 0.15) is 25.3 Å². The van der Waals surface area contributed by atoms with Crippen molar-refractivity contribution in [2.45, 2.75) is 37.6 Å². The minimum absolute atomic E-state index is 0.0503. The summed E-state index contributed by atoms with van der Waals surface area (Å²) in [5.74, 6) is -0.474. The highest BCUT2D eigenvalue weighted by Gasteiger charge is 2.36. The van der Waals surface area contributed by atoms with Gasteiger partial charge in [0.2, 0.25) is 10.0 Å². The summed E-state index contributed by atoms with van der Waals surface area (Å²) in [4.78, 5) is 0.0503. The summed E-state index contributed by atoms with van der Waals surface area (Å²) in [6, 6.07) is 4.19. The maximum Gasteiger partial charge on any atom is 0.243 e. The molecule has 0 heterocycles. The number of hydrogen-bond donors (Lipinski definition) is 0. The lowest BCUT2D eigenvalue weighted by atomic mass is 10.2. The zero-order valence-electron chi connectivity index (χ0n) is 9.98. The first-order valence-corrected chi connectivity index (χ1v) is 7.19. The van der Waals surface area contributed by atoms with Gasteiger partial charge < -0.3 is 0 Å². The van der Waals surface area contributed by atoms with Gasteiger partial charge in [0, 0.05) is 12.6 Å². The predicted molar refractivity (Wildman–Crippen MR) is 63.7 cm³/mol. The molecule has 1 aromatic carbocycles. The molecule has 17 heavy (non-hydrogen) atoms. The van der Waals surface area contributed by atoms with Crippen LogP contribution in [0.25, 0.3) is 0 Å². The lowest BCUT2D eigenvalue weighted by molar-refractivity contribution is 0.420. The van der Waals surface area contributed by atoms with E-state index in [-0.39, 0.29) is 10.9 Å². The first-order valence-electron chi connectivity index (χ1n) is 5.75. The van der Waals surface area contributed by atoms with Gasteiger partial charge in [-0.25, -0.2) is 12.8 Å². The van der Waals surface area contributed by atoms with Crippen LogP contribution in [0.5, 0.6) is 0 Å². The van der Waals surface area contributed by atoms with E-state index < -0.39 is 15.8 Å². The van der Waals surface area contributed by atoms with Crippen LogP contribution in [0.15, 0.2) is 23.1 Å². The molecular weight excluding hydrogens is 241 g/mol. The molecule has 1 fully saturated rings. The molecule has 0 bridgehead atoms. The molecule has 94 valence electrons. The quantitative estimate of drug-likeness (QED) is 0.830. The van der Waals surface area contributed by atoms with Crippen molar-refractivity contribution < 1.29 is 12.8 Å². The van der Waals surface area contributed by atoms with E-state index in [9.17, 15) is 12.8 Å². The van der Waals surface area contributed by atoms with E-state index >= 15 is 0 Å². The van der Waals surface area contributed by atoms with Gasteiger partial charge in [0.15, 0.2) is 0 Å². The third-order valence-corrected chi connectivity index (χ3v) is 5.04. The van der Waals surface area contributed by atoms with Gasteiger partial charge in [-0.05, 0) is 37.5 Å². The summed E-state index contributed by atoms with van der Waals surface area (Å²) in [7, 11) is -3.53. The average Bonchev–Trinajstić information content (AvgIpc) is 3.07. The summed E-state index contributed by atoms with van der Waals surface area (Å²) in [5.41, 5.74) is 0.457. The number of sulfonamides is 1. The molecule has 3 nitrogen and oxygen atoms in total. The van der Waals surface area contributed by atoms with Crippen LogP contribution in [-0.2, 0) is 10.0 Å². The molecule has 0 atom stereocenters. The number of benzene rings is 1. The molecule has 0 spiro atoms. The van der Waals surface area contributed by atoms with E-state index in [1.165, 1.54) is 16.4 Å². The zero-order valence-corrected chi connectivity index (χ0v) is 10.8. The van der Waals surface area contributed by atoms with Crippen LogP contribution in [0.4, 0.5) is 4.39 Å². The Morgan fingerprint density at radius 1 is 1.41 bits per heavy atom. The van der Waals surface area contributed by atoms with Crippen LogP contribution in [0.3, 0.4) is 0 Å². The predicted octanol–water partition coefficient (Wildman–Crippen LogP) is 2.31. The Hall–Kier alpha value is -0.940. The fourth-order valence-electron chi connectivity index (χ4n) is 1.86. The summed E-state index contributed by atoms with van der Waals surface area (Å²) in [6.07, 6.45) is 1.81. The number of aryl methyl sites for hydroxylation is 1. The van der Waals surface area contributed by atoms with Crippen molar-refractivity contribution in [3.05, 3.63) is 29.6 Å². The van der Waals surface area contributed by atoms with Crippen molar-refractivity contribution in [2.75, 3.05) is 6.54 Å². The largest absolute Gasteiger partial charge is 0.243 e. The van der Waals surface area contributed by atoms with Crippen LogP contribution >= 0.6 is 0 Å². The molecule has 0 unspecified atom stereocenters. The standard InChI is InChI=1S/C12H16FNO2S/c1-3-14(10-5-6-10)17(15,16)11-7-4-9(2)12(13)8-11/h4,7-8,10H,3,5-6H2,1-2H3. The van der Waals surface area contributed by atoms with Gasteiger partial charge in [-0.1, -0.05) is 13.0 Å². The highest BCUT2D eigenvalue weighted by Crippen LogP contribution is 2.31. The zero-order chi connectivity index (χ0) is 12.6. The van der Waals surface area contributed by atoms with Crippen molar-refractivity contribution in [2.24, 2.45) is 0 Å². The van der Waals surface area contributed by atoms with Crippen molar-refractivity contribution in [3.63, 3.8) is 0 Å². The second-order valence-electron chi connectivity index (χ2n) is 4.35. The van der Waals surface area contributed by atoms with Gasteiger partial charge in [0.1, 0.15) is 5.82 Å². The monoisotopic (exact) mass is 257 g/mol. The van der Waals surface area contributed by atoms with E-state index in [1.54, 1.807) is 13.8 Å². The molecule has 1 aliphatic rings. The highest BCUT2D eigenvalue weighted by atomic mass is 32.2. The molecule has 1 aliphatic carbocycles. The minimum atomic E-state index is -3.53. The molecule has 1 aromatic rings. The maximum atomic E-state index is 13.4. The van der Waals surface area contributed by atoms with Crippen molar-refractivity contribution in [3.8, 4) is 0 Å². The van der Waals surface area contributed by atoms with E-state index in [4.69, 9.17) is 0 Å². The third-order valence-electron chi connectivity index (χ3n) is 3.02. The molecule has 5 heteroatoms. The maximum absolute atomic E-state index is 13.4. The average molecular weight is 257 g/mol. The van der Waals surface area contributed by atoms with Gasteiger partial charge >= 0.3 is 0 Å². The van der Waals surface area contributed by atoms with Crippen LogP contribution in [-0.4, -0.2) is 25.3 Å². The molecule has 1 saturated carbocycles. The molecule has 0 aliphatic heterocycles. The van der Waals surface area contributed by atoms with Gasteiger partial charge in [-0.15, -0.1) is 0 Å². The lowest BCUT2D eigenvalue weighted by Crippen LogP contribution is -2.32. The summed E-state index contributed by atoms with van der Waals surface area (Å²) >= 11 is 0. The molecule has 0 amide bonds. The highest BCUT2D eigenvalue weighted by molar-refractivity contribution is 7.89. The smallest absolute Gasteiger partial charge is 0.207 e. The van der Waals surface area contributed by atoms with Gasteiger partial charge in [0.25, 0.3) is 0 Å². The van der Waals surface area contributed by atoms with Gasteiger partial charge in [0.05, 0.1) is 4.90 Å². The minimum Gasteiger partial charge on any atom is -0.207 e. The van der Waals surface area contributed by atoms with Crippen molar-refractivity contribution in [1.82, 2.24) is 4.31 Å². The van der Waals surface area contributed by atoms with E-state index in [1.807, 2.05) is 0 Å². The van der Waals surface area contributed by atoms with Gasteiger partial charge in [-0.3, -0.25) is 0 Å². The van der Waals surface area contributed by atoms with Crippen LogP contribution < -0.4 is 0 Å². The second kappa shape index (κ2) is 4.38. The van der Waals surface area contributed by atoms with E-state index in [0.717, 1.165) is 18.9 Å². The Kier molecular flexibility index (Phi) is 3.23. The molecule has 2 rings (SSSR count). The van der Waals surface area contributed by atoms with E-state index in [0.29, 0.717) is 12.1 Å². The number of rotatable bonds is 4. The normalized spacial score (nSPS) is 16.5. The molecule has 0 N–H and O–H groups in total. The molecular formula is C12H16FNO2S. The summed E-state index contributed by atoms with van der Waals surface area (Å²) in [5, 5.41) is 0. The van der Waals surface area contributed by atoms with Crippen molar-refractivity contribution >= 4 is 10.0 Å². The lowest BCUT2D eigenvalue weighted by Gasteiger charge is -2.20. The Bertz CT molecular complexity index is 523. The Labute approximate surface area is 101 Å². The third kappa shape index (κ3) is 2.35. The van der Waals surface area contributed by atoms with Crippen LogP contribution in [0.2, 0.25) is 0 Å². The number of nitrogens with zero attached hydrogens (tertiary/aromatic N) is 1.